The maximum atomic E-state index is 13.2. The molecular weight excluding hydrogens is 408 g/mol. The largest absolute Gasteiger partial charge is 0.309 e. The standard InChI is InChI=1S/C22H21ClN2O3S/c1-3-25(19-12-8-5-9-13-19)22(26)17-14-15-20(23)21(16-17)29(27,28)24(2)18-10-6-4-7-11-18/h4-16H,3H2,1-2H3. The number of hydrogen-bond acceptors (Lipinski definition) is 3. The summed E-state index contributed by atoms with van der Waals surface area (Å²) in [6.45, 7) is 2.30. The van der Waals surface area contributed by atoms with Crippen molar-refractivity contribution < 1.29 is 13.2 Å². The van der Waals surface area contributed by atoms with E-state index in [-0.39, 0.29) is 21.4 Å². The Bertz CT molecular complexity index is 1100. The third-order valence-corrected chi connectivity index (χ3v) is 6.83. The lowest BCUT2D eigenvalue weighted by atomic mass is 10.2. The summed E-state index contributed by atoms with van der Waals surface area (Å²) in [4.78, 5) is 14.6. The van der Waals surface area contributed by atoms with Crippen molar-refractivity contribution in [2.75, 3.05) is 22.8 Å². The Hall–Kier alpha value is -2.83. The molecule has 29 heavy (non-hydrogen) atoms. The summed E-state index contributed by atoms with van der Waals surface area (Å²) in [5.41, 5.74) is 1.49. The summed E-state index contributed by atoms with van der Waals surface area (Å²) in [7, 11) is -2.49. The van der Waals surface area contributed by atoms with Crippen molar-refractivity contribution in [3.63, 3.8) is 0 Å². The van der Waals surface area contributed by atoms with Crippen LogP contribution in [0.25, 0.3) is 0 Å². The maximum absolute atomic E-state index is 13.2. The van der Waals surface area contributed by atoms with Gasteiger partial charge in [0.05, 0.1) is 10.7 Å². The highest BCUT2D eigenvalue weighted by molar-refractivity contribution is 7.93. The minimum absolute atomic E-state index is 0.0621. The average Bonchev–Trinajstić information content (AvgIpc) is 2.75. The van der Waals surface area contributed by atoms with Gasteiger partial charge in [-0.3, -0.25) is 9.10 Å². The highest BCUT2D eigenvalue weighted by Gasteiger charge is 2.26. The van der Waals surface area contributed by atoms with Gasteiger partial charge in [0.15, 0.2) is 0 Å². The molecule has 1 amide bonds. The first-order valence-electron chi connectivity index (χ1n) is 9.06. The van der Waals surface area contributed by atoms with Crippen molar-refractivity contribution in [3.05, 3.63) is 89.4 Å². The van der Waals surface area contributed by atoms with Gasteiger partial charge in [-0.2, -0.15) is 0 Å². The second-order valence-electron chi connectivity index (χ2n) is 6.34. The molecule has 0 aliphatic rings. The molecule has 3 aromatic rings. The van der Waals surface area contributed by atoms with Crippen LogP contribution in [0.2, 0.25) is 5.02 Å². The van der Waals surface area contributed by atoms with Crippen molar-refractivity contribution in [1.29, 1.82) is 0 Å². The molecule has 0 radical (unpaired) electrons. The molecule has 0 aliphatic heterocycles. The molecule has 0 saturated carbocycles. The number of para-hydroxylation sites is 2. The molecule has 0 heterocycles. The van der Waals surface area contributed by atoms with Crippen LogP contribution in [-0.4, -0.2) is 27.9 Å². The fraction of sp³-hybridized carbons (Fsp3) is 0.136. The molecule has 0 spiro atoms. The fourth-order valence-electron chi connectivity index (χ4n) is 2.97. The minimum atomic E-state index is -3.95. The van der Waals surface area contributed by atoms with Crippen LogP contribution in [0.1, 0.15) is 17.3 Å². The molecule has 0 saturated heterocycles. The molecule has 0 aromatic heterocycles. The topological polar surface area (TPSA) is 57.7 Å². The molecule has 0 atom stereocenters. The zero-order valence-electron chi connectivity index (χ0n) is 16.1. The zero-order chi connectivity index (χ0) is 21.0. The number of nitrogens with zero attached hydrogens (tertiary/aromatic N) is 2. The lowest BCUT2D eigenvalue weighted by molar-refractivity contribution is 0.0988. The first-order chi connectivity index (χ1) is 13.9. The van der Waals surface area contributed by atoms with Crippen LogP contribution < -0.4 is 9.21 Å². The molecule has 3 aromatic carbocycles. The smallest absolute Gasteiger partial charge is 0.265 e. The number of rotatable bonds is 6. The normalized spacial score (nSPS) is 11.1. The molecule has 0 N–H and O–H groups in total. The van der Waals surface area contributed by atoms with Crippen LogP contribution in [0.4, 0.5) is 11.4 Å². The summed E-state index contributed by atoms with van der Waals surface area (Å²) >= 11 is 6.22. The van der Waals surface area contributed by atoms with E-state index >= 15 is 0 Å². The monoisotopic (exact) mass is 428 g/mol. The van der Waals surface area contributed by atoms with Crippen LogP contribution in [-0.2, 0) is 10.0 Å². The molecule has 7 heteroatoms. The van der Waals surface area contributed by atoms with Crippen LogP contribution in [0.5, 0.6) is 0 Å². The number of halogens is 1. The predicted molar refractivity (Wildman–Crippen MR) is 117 cm³/mol. The molecule has 5 nitrogen and oxygen atoms in total. The summed E-state index contributed by atoms with van der Waals surface area (Å²) in [6.07, 6.45) is 0. The second-order valence-corrected chi connectivity index (χ2v) is 8.68. The molecule has 0 aliphatic carbocycles. The summed E-state index contributed by atoms with van der Waals surface area (Å²) in [5.74, 6) is -0.297. The molecule has 0 fully saturated rings. The number of carbonyl (C=O) groups is 1. The zero-order valence-corrected chi connectivity index (χ0v) is 17.7. The Morgan fingerprint density at radius 2 is 1.45 bits per heavy atom. The molecule has 0 unspecified atom stereocenters. The Labute approximate surface area is 176 Å². The first-order valence-corrected chi connectivity index (χ1v) is 10.9. The van der Waals surface area contributed by atoms with Gasteiger partial charge in [-0.1, -0.05) is 48.0 Å². The lowest BCUT2D eigenvalue weighted by Crippen LogP contribution is -2.31. The van der Waals surface area contributed by atoms with Gasteiger partial charge >= 0.3 is 0 Å². The van der Waals surface area contributed by atoms with Gasteiger partial charge < -0.3 is 4.90 Å². The van der Waals surface area contributed by atoms with Gasteiger partial charge in [0.1, 0.15) is 4.90 Å². The van der Waals surface area contributed by atoms with Crippen molar-refractivity contribution in [2.45, 2.75) is 11.8 Å². The molecule has 150 valence electrons. The number of anilines is 2. The summed E-state index contributed by atoms with van der Waals surface area (Å²) in [5, 5.41) is 0.0621. The van der Waals surface area contributed by atoms with Crippen molar-refractivity contribution >= 4 is 38.9 Å². The van der Waals surface area contributed by atoms with Crippen LogP contribution in [0, 0.1) is 0 Å². The Balaban J connectivity index is 2.01. The van der Waals surface area contributed by atoms with Gasteiger partial charge in [0.25, 0.3) is 15.9 Å². The SMILES string of the molecule is CCN(C(=O)c1ccc(Cl)c(S(=O)(=O)N(C)c2ccccc2)c1)c1ccccc1. The van der Waals surface area contributed by atoms with E-state index in [1.165, 1.54) is 25.2 Å². The minimum Gasteiger partial charge on any atom is -0.309 e. The highest BCUT2D eigenvalue weighted by Crippen LogP contribution is 2.29. The van der Waals surface area contributed by atoms with E-state index in [0.717, 1.165) is 9.99 Å². The third-order valence-electron chi connectivity index (χ3n) is 4.57. The Morgan fingerprint density at radius 3 is 2.00 bits per heavy atom. The van der Waals surface area contributed by atoms with E-state index in [2.05, 4.69) is 0 Å². The highest BCUT2D eigenvalue weighted by atomic mass is 35.5. The average molecular weight is 429 g/mol. The van der Waals surface area contributed by atoms with E-state index in [4.69, 9.17) is 11.6 Å². The number of amides is 1. The first kappa shape index (κ1) is 20.9. The Kier molecular flexibility index (Phi) is 6.25. The van der Waals surface area contributed by atoms with E-state index in [1.807, 2.05) is 37.3 Å². The third kappa shape index (κ3) is 4.28. The summed E-state index contributed by atoms with van der Waals surface area (Å²) < 4.78 is 27.5. The predicted octanol–water partition coefficient (Wildman–Crippen LogP) is 4.83. The number of benzene rings is 3. The Morgan fingerprint density at radius 1 is 0.897 bits per heavy atom. The van der Waals surface area contributed by atoms with Crippen LogP contribution in [0.3, 0.4) is 0 Å². The fourth-order valence-corrected chi connectivity index (χ4v) is 4.66. The van der Waals surface area contributed by atoms with Crippen LogP contribution in [0.15, 0.2) is 83.8 Å². The number of sulfonamides is 1. The van der Waals surface area contributed by atoms with E-state index in [1.54, 1.807) is 35.2 Å². The van der Waals surface area contributed by atoms with Gasteiger partial charge in [-0.15, -0.1) is 0 Å². The van der Waals surface area contributed by atoms with Crippen LogP contribution >= 0.6 is 11.6 Å². The molecule has 0 bridgehead atoms. The van der Waals surface area contributed by atoms with Crippen molar-refractivity contribution in [2.24, 2.45) is 0 Å². The number of carbonyl (C=O) groups excluding carboxylic acids is 1. The molecule has 3 rings (SSSR count). The van der Waals surface area contributed by atoms with E-state index < -0.39 is 10.0 Å². The van der Waals surface area contributed by atoms with Gasteiger partial charge in [0.2, 0.25) is 0 Å². The maximum Gasteiger partial charge on any atom is 0.265 e. The summed E-state index contributed by atoms with van der Waals surface area (Å²) in [6, 6.07) is 22.2. The van der Waals surface area contributed by atoms with Gasteiger partial charge in [-0.25, -0.2) is 8.42 Å². The van der Waals surface area contributed by atoms with E-state index in [0.29, 0.717) is 12.2 Å². The quantitative estimate of drug-likeness (QED) is 0.564. The molecular formula is C22H21ClN2O3S. The number of hydrogen-bond donors (Lipinski definition) is 0. The van der Waals surface area contributed by atoms with E-state index in [9.17, 15) is 13.2 Å². The van der Waals surface area contributed by atoms with Gasteiger partial charge in [0, 0.05) is 24.8 Å². The second kappa shape index (κ2) is 8.68. The van der Waals surface area contributed by atoms with Crippen molar-refractivity contribution in [3.8, 4) is 0 Å². The van der Waals surface area contributed by atoms with Gasteiger partial charge in [-0.05, 0) is 49.4 Å². The van der Waals surface area contributed by atoms with Crippen molar-refractivity contribution in [1.82, 2.24) is 0 Å². The lowest BCUT2D eigenvalue weighted by Gasteiger charge is -2.23.